The largest absolute Gasteiger partial charge is 0.446 e. The van der Waals surface area contributed by atoms with Crippen molar-refractivity contribution in [1.82, 2.24) is 21.3 Å². The molecule has 58 heavy (non-hydrogen) atoms. The zero-order chi connectivity index (χ0) is 41.4. The number of carbonyl (C=O) groups is 4. The third kappa shape index (κ3) is 33.3. The summed E-state index contributed by atoms with van der Waals surface area (Å²) in [5.41, 5.74) is 0. The third-order valence-electron chi connectivity index (χ3n) is 8.55. The van der Waals surface area contributed by atoms with Crippen molar-refractivity contribution in [1.29, 1.82) is 0 Å². The van der Waals surface area contributed by atoms with E-state index in [4.69, 9.17) is 37.9 Å². The molecule has 0 aromatic heterocycles. The maximum Gasteiger partial charge on any atom is 0.407 e. The van der Waals surface area contributed by atoms with Crippen LogP contribution in [0.5, 0.6) is 0 Å². The second kappa shape index (κ2) is 38.6. The van der Waals surface area contributed by atoms with E-state index in [0.717, 1.165) is 64.2 Å². The fraction of sp³-hybridized carbons (Fsp3) is 0.800. The first-order valence-corrected chi connectivity index (χ1v) is 23.4. The molecule has 16 nitrogen and oxygen atoms in total. The minimum absolute atomic E-state index is 0.0248. The number of ether oxygens (including phenoxy) is 8. The highest BCUT2D eigenvalue weighted by Crippen LogP contribution is 2.22. The van der Waals surface area contributed by atoms with Crippen molar-refractivity contribution in [2.24, 2.45) is 0 Å². The van der Waals surface area contributed by atoms with E-state index in [1.807, 2.05) is 0 Å². The van der Waals surface area contributed by atoms with Gasteiger partial charge in [0.2, 0.25) is 11.8 Å². The van der Waals surface area contributed by atoms with Gasteiger partial charge < -0.3 is 59.2 Å². The van der Waals surface area contributed by atoms with Crippen LogP contribution in [-0.2, 0) is 47.5 Å². The Morgan fingerprint density at radius 3 is 1.14 bits per heavy atom. The van der Waals surface area contributed by atoms with E-state index < -0.39 is 12.2 Å². The van der Waals surface area contributed by atoms with Crippen LogP contribution in [0.25, 0.3) is 0 Å². The van der Waals surface area contributed by atoms with Crippen LogP contribution in [0.1, 0.15) is 77.0 Å². The van der Waals surface area contributed by atoms with E-state index in [0.29, 0.717) is 130 Å². The maximum atomic E-state index is 12.0. The summed E-state index contributed by atoms with van der Waals surface area (Å²) >= 11 is 0. The minimum atomic E-state index is -0.394. The number of hydrogen-bond acceptors (Lipinski definition) is 14. The molecule has 4 amide bonds. The Balaban J connectivity index is 1.22. The van der Waals surface area contributed by atoms with Crippen molar-refractivity contribution < 1.29 is 57.1 Å². The van der Waals surface area contributed by atoms with Gasteiger partial charge in [0.15, 0.2) is 0 Å². The molecular formula is C40H70N4O12S2. The molecule has 0 bridgehead atoms. The molecule has 0 aromatic rings. The van der Waals surface area contributed by atoms with Gasteiger partial charge in [0, 0.05) is 50.5 Å². The minimum Gasteiger partial charge on any atom is -0.446 e. The monoisotopic (exact) mass is 862 g/mol. The fourth-order valence-corrected chi connectivity index (χ4v) is 7.48. The van der Waals surface area contributed by atoms with Crippen LogP contribution < -0.4 is 21.3 Å². The fourth-order valence-electron chi connectivity index (χ4n) is 5.50. The van der Waals surface area contributed by atoms with Gasteiger partial charge in [-0.3, -0.25) is 9.59 Å². The molecule has 0 aromatic carbocycles. The molecule has 0 aliphatic heterocycles. The molecule has 2 aliphatic rings. The summed E-state index contributed by atoms with van der Waals surface area (Å²) in [6.07, 6.45) is 18.2. The standard InChI is InChI=1S/C40H70N4O12S2/c45-37(41-17-21-49-25-29-53-31-27-51-23-19-43-39(47)55-35-11-7-3-1-4-8-12-35)15-33-57-58-34-16-38(46)42-18-22-50-26-30-54-32-28-52-24-20-44-40(48)56-36-13-9-5-2-6-10-14-36/h1-3,5,35-36H,4,6-34H2,(H,41,45)(H,42,46)(H,43,47)(H,44,48)/b3-1+,5-2+. The van der Waals surface area contributed by atoms with Gasteiger partial charge in [-0.25, -0.2) is 9.59 Å². The van der Waals surface area contributed by atoms with Crippen molar-refractivity contribution in [2.75, 3.05) is 117 Å². The zero-order valence-corrected chi connectivity index (χ0v) is 36.0. The summed E-state index contributed by atoms with van der Waals surface area (Å²) in [7, 11) is 3.14. The highest BCUT2D eigenvalue weighted by atomic mass is 33.1. The van der Waals surface area contributed by atoms with E-state index >= 15 is 0 Å². The van der Waals surface area contributed by atoms with Gasteiger partial charge in [-0.05, 0) is 64.2 Å². The number of nitrogens with one attached hydrogen (secondary N) is 4. The average Bonchev–Trinajstić information content (AvgIpc) is 3.18. The Labute approximate surface area is 353 Å². The molecule has 0 heterocycles. The summed E-state index contributed by atoms with van der Waals surface area (Å²) in [5, 5.41) is 11.1. The highest BCUT2D eigenvalue weighted by Gasteiger charge is 2.15. The molecule has 2 aliphatic carbocycles. The predicted molar refractivity (Wildman–Crippen MR) is 226 cm³/mol. The summed E-state index contributed by atoms with van der Waals surface area (Å²) in [4.78, 5) is 47.9. The maximum absolute atomic E-state index is 12.0. The van der Waals surface area contributed by atoms with E-state index in [-0.39, 0.29) is 24.0 Å². The molecule has 0 spiro atoms. The second-order valence-corrected chi connectivity index (χ2v) is 16.1. The number of amides is 4. The Hall–Kier alpha value is -2.58. The molecule has 2 atom stereocenters. The van der Waals surface area contributed by atoms with Gasteiger partial charge in [0.1, 0.15) is 12.2 Å². The molecule has 2 unspecified atom stereocenters. The van der Waals surface area contributed by atoms with E-state index in [1.165, 1.54) is 0 Å². The number of rotatable bonds is 33. The highest BCUT2D eigenvalue weighted by molar-refractivity contribution is 8.76. The molecule has 0 saturated carbocycles. The summed E-state index contributed by atoms with van der Waals surface area (Å²) in [5.74, 6) is 1.23. The van der Waals surface area contributed by atoms with Gasteiger partial charge in [-0.1, -0.05) is 45.9 Å². The summed E-state index contributed by atoms with van der Waals surface area (Å²) in [6.45, 7) is 6.54. The Bertz CT molecular complexity index is 1040. The lowest BCUT2D eigenvalue weighted by atomic mass is 10.0. The van der Waals surface area contributed by atoms with E-state index in [9.17, 15) is 19.2 Å². The number of alkyl carbamates (subject to hydrolysis) is 2. The lowest BCUT2D eigenvalue weighted by Gasteiger charge is -2.18. The number of carbonyl (C=O) groups excluding carboxylic acids is 4. The van der Waals surface area contributed by atoms with Crippen LogP contribution >= 0.6 is 21.6 Å². The summed E-state index contributed by atoms with van der Waals surface area (Å²) in [6, 6.07) is 0. The molecule has 0 fully saturated rings. The quantitative estimate of drug-likeness (QED) is 0.0403. The number of allylic oxidation sites excluding steroid dienone is 4. The first kappa shape index (κ1) is 51.6. The van der Waals surface area contributed by atoms with Crippen LogP contribution in [0.2, 0.25) is 0 Å². The Morgan fingerprint density at radius 2 is 0.759 bits per heavy atom. The van der Waals surface area contributed by atoms with Crippen molar-refractivity contribution in [3.05, 3.63) is 24.3 Å². The van der Waals surface area contributed by atoms with Crippen molar-refractivity contribution in [3.63, 3.8) is 0 Å². The zero-order valence-electron chi connectivity index (χ0n) is 34.4. The number of hydrogen-bond donors (Lipinski definition) is 4. The molecule has 0 saturated heterocycles. The topological polar surface area (TPSA) is 190 Å². The van der Waals surface area contributed by atoms with Gasteiger partial charge in [0.25, 0.3) is 0 Å². The van der Waals surface area contributed by atoms with Gasteiger partial charge in [-0.2, -0.15) is 0 Å². The van der Waals surface area contributed by atoms with Crippen LogP contribution in [0.15, 0.2) is 24.3 Å². The lowest BCUT2D eigenvalue weighted by molar-refractivity contribution is -0.121. The molecule has 4 N–H and O–H groups in total. The van der Waals surface area contributed by atoms with Crippen molar-refractivity contribution in [2.45, 2.75) is 89.3 Å². The summed E-state index contributed by atoms with van der Waals surface area (Å²) < 4.78 is 43.9. The average molecular weight is 863 g/mol. The second-order valence-electron chi connectivity index (χ2n) is 13.4. The van der Waals surface area contributed by atoms with Crippen molar-refractivity contribution in [3.8, 4) is 0 Å². The smallest absolute Gasteiger partial charge is 0.407 e. The molecule has 0 radical (unpaired) electrons. The van der Waals surface area contributed by atoms with E-state index in [2.05, 4.69) is 45.6 Å². The third-order valence-corrected chi connectivity index (χ3v) is 11.0. The van der Waals surface area contributed by atoms with Crippen LogP contribution in [0.3, 0.4) is 0 Å². The van der Waals surface area contributed by atoms with Crippen LogP contribution in [0.4, 0.5) is 9.59 Å². The van der Waals surface area contributed by atoms with Crippen molar-refractivity contribution >= 4 is 45.6 Å². The SMILES string of the molecule is O=C(CCSSCCC(=O)NCCOCCOCCOCCNC(=O)OC1CC/C=C/CCC1)NCCOCCOCCOCCNC(=O)OC1CC/C=C/CCC1. The van der Waals surface area contributed by atoms with Crippen LogP contribution in [-0.4, -0.2) is 153 Å². The van der Waals surface area contributed by atoms with E-state index in [1.54, 1.807) is 21.6 Å². The first-order valence-electron chi connectivity index (χ1n) is 21.0. The normalized spacial score (nSPS) is 18.1. The first-order chi connectivity index (χ1) is 28.5. The predicted octanol–water partition coefficient (Wildman–Crippen LogP) is 4.71. The molecule has 18 heteroatoms. The van der Waals surface area contributed by atoms with Gasteiger partial charge in [0.05, 0.1) is 79.3 Å². The molecule has 2 rings (SSSR count). The lowest BCUT2D eigenvalue weighted by Crippen LogP contribution is -2.31. The van der Waals surface area contributed by atoms with Gasteiger partial charge in [-0.15, -0.1) is 0 Å². The Morgan fingerprint density at radius 1 is 0.431 bits per heavy atom. The van der Waals surface area contributed by atoms with Crippen LogP contribution in [0, 0.1) is 0 Å². The molecular weight excluding hydrogens is 793 g/mol. The Kier molecular flexibility index (Phi) is 34.3. The molecule has 334 valence electrons. The van der Waals surface area contributed by atoms with Gasteiger partial charge >= 0.3 is 12.2 Å².